The summed E-state index contributed by atoms with van der Waals surface area (Å²) in [7, 11) is 0. The molecule has 0 amide bonds. The number of non-ortho nitro benzene ring substituents is 1. The molecule has 0 aliphatic carbocycles. The van der Waals surface area contributed by atoms with Gasteiger partial charge in [0.2, 0.25) is 0 Å². The van der Waals surface area contributed by atoms with Crippen molar-refractivity contribution in [2.45, 2.75) is 26.8 Å². The fourth-order valence-corrected chi connectivity index (χ4v) is 1.50. The molecule has 18 heavy (non-hydrogen) atoms. The summed E-state index contributed by atoms with van der Waals surface area (Å²) >= 11 is 0. The lowest BCUT2D eigenvalue weighted by Gasteiger charge is -2.15. The Kier molecular flexibility index (Phi) is 3.18. The van der Waals surface area contributed by atoms with E-state index in [1.165, 1.54) is 6.07 Å². The lowest BCUT2D eigenvalue weighted by atomic mass is 10.1. The molecule has 2 rings (SSSR count). The van der Waals surface area contributed by atoms with Crippen LogP contribution in [-0.2, 0) is 0 Å². The second-order valence-electron chi connectivity index (χ2n) is 4.58. The number of nitro benzene ring substituents is 1. The van der Waals surface area contributed by atoms with Gasteiger partial charge in [-0.2, -0.15) is 4.98 Å². The van der Waals surface area contributed by atoms with Gasteiger partial charge in [0.25, 0.3) is 11.7 Å². The van der Waals surface area contributed by atoms with Gasteiger partial charge in [0, 0.05) is 12.1 Å². The molecule has 1 N–H and O–H groups in total. The Bertz CT molecular complexity index is 577. The number of anilines is 1. The molecule has 0 bridgehead atoms. The van der Waals surface area contributed by atoms with E-state index in [0.717, 1.165) is 0 Å². The van der Waals surface area contributed by atoms with Crippen LogP contribution in [0.1, 0.15) is 20.8 Å². The van der Waals surface area contributed by atoms with Crippen LogP contribution < -0.4 is 5.32 Å². The van der Waals surface area contributed by atoms with Gasteiger partial charge in [0.05, 0.1) is 4.92 Å². The number of rotatable bonds is 4. The summed E-state index contributed by atoms with van der Waals surface area (Å²) in [6, 6.07) is 5.17. The number of hydrogen-bond acceptors (Lipinski definition) is 5. The average Bonchev–Trinajstić information content (AvgIpc) is 2.70. The van der Waals surface area contributed by atoms with E-state index in [-0.39, 0.29) is 17.2 Å². The van der Waals surface area contributed by atoms with Crippen molar-refractivity contribution >= 4 is 22.8 Å². The topological polar surface area (TPSA) is 81.2 Å². The van der Waals surface area contributed by atoms with Gasteiger partial charge in [-0.05, 0) is 18.9 Å². The first-order valence-corrected chi connectivity index (χ1v) is 5.79. The number of para-hydroxylation sites is 1. The van der Waals surface area contributed by atoms with Crippen molar-refractivity contribution in [3.8, 4) is 0 Å². The maximum atomic E-state index is 10.9. The number of nitrogens with zero attached hydrogens (tertiary/aromatic N) is 2. The number of aromatic nitrogens is 1. The number of oxazole rings is 1. The molecule has 1 unspecified atom stereocenters. The Morgan fingerprint density at radius 1 is 1.39 bits per heavy atom. The highest BCUT2D eigenvalue weighted by molar-refractivity contribution is 5.84. The summed E-state index contributed by atoms with van der Waals surface area (Å²) in [6.45, 7) is 6.15. The van der Waals surface area contributed by atoms with Crippen LogP contribution in [0.3, 0.4) is 0 Å². The van der Waals surface area contributed by atoms with Gasteiger partial charge in [-0.15, -0.1) is 0 Å². The second-order valence-corrected chi connectivity index (χ2v) is 4.58. The third-order valence-electron chi connectivity index (χ3n) is 2.95. The van der Waals surface area contributed by atoms with E-state index >= 15 is 0 Å². The summed E-state index contributed by atoms with van der Waals surface area (Å²) < 4.78 is 5.45. The van der Waals surface area contributed by atoms with Crippen molar-refractivity contribution in [3.63, 3.8) is 0 Å². The first-order chi connectivity index (χ1) is 8.49. The minimum absolute atomic E-state index is 0.0403. The molecule has 0 radical (unpaired) electrons. The summed E-state index contributed by atoms with van der Waals surface area (Å²) in [5, 5.41) is 14.0. The molecular formula is C12H15N3O3. The fraction of sp³-hybridized carbons (Fsp3) is 0.417. The van der Waals surface area contributed by atoms with Crippen LogP contribution in [0.4, 0.5) is 11.7 Å². The van der Waals surface area contributed by atoms with E-state index in [1.54, 1.807) is 12.1 Å². The van der Waals surface area contributed by atoms with Gasteiger partial charge >= 0.3 is 0 Å². The van der Waals surface area contributed by atoms with E-state index < -0.39 is 4.92 Å². The maximum Gasteiger partial charge on any atom is 0.298 e. The molecular weight excluding hydrogens is 234 g/mol. The third-order valence-corrected chi connectivity index (χ3v) is 2.95. The van der Waals surface area contributed by atoms with Gasteiger partial charge in [0.15, 0.2) is 11.1 Å². The van der Waals surface area contributed by atoms with Crippen molar-refractivity contribution in [1.82, 2.24) is 4.98 Å². The van der Waals surface area contributed by atoms with Crippen LogP contribution in [0, 0.1) is 16.0 Å². The van der Waals surface area contributed by atoms with Crippen molar-refractivity contribution < 1.29 is 9.34 Å². The van der Waals surface area contributed by atoms with Crippen LogP contribution in [-0.4, -0.2) is 15.9 Å². The molecule has 1 aromatic carbocycles. The quantitative estimate of drug-likeness (QED) is 0.664. The standard InChI is InChI=1S/C12H15N3O3/c1-7(2)8(3)13-12-14-11-9(15(16)17)5-4-6-10(11)18-12/h4-8H,1-3H3,(H,13,14). The first kappa shape index (κ1) is 12.3. The van der Waals surface area contributed by atoms with Crippen LogP contribution >= 0.6 is 0 Å². The summed E-state index contributed by atoms with van der Waals surface area (Å²) in [4.78, 5) is 14.5. The molecule has 0 aliphatic heterocycles. The van der Waals surface area contributed by atoms with Crippen LogP contribution in [0.2, 0.25) is 0 Å². The molecule has 0 fully saturated rings. The Morgan fingerprint density at radius 2 is 2.11 bits per heavy atom. The second kappa shape index (κ2) is 4.64. The van der Waals surface area contributed by atoms with E-state index in [4.69, 9.17) is 4.42 Å². The Morgan fingerprint density at radius 3 is 2.72 bits per heavy atom. The SMILES string of the molecule is CC(C)C(C)Nc1nc2c([N+](=O)[O-])cccc2o1. The smallest absolute Gasteiger partial charge is 0.298 e. The number of benzene rings is 1. The van der Waals surface area contributed by atoms with Gasteiger partial charge in [-0.25, -0.2) is 0 Å². The van der Waals surface area contributed by atoms with Gasteiger partial charge in [-0.1, -0.05) is 19.9 Å². The average molecular weight is 249 g/mol. The largest absolute Gasteiger partial charge is 0.423 e. The van der Waals surface area contributed by atoms with Crippen LogP contribution in [0.25, 0.3) is 11.1 Å². The number of nitrogens with one attached hydrogen (secondary N) is 1. The predicted octanol–water partition coefficient (Wildman–Crippen LogP) is 3.19. The lowest BCUT2D eigenvalue weighted by Crippen LogP contribution is -2.21. The summed E-state index contributed by atoms with van der Waals surface area (Å²) in [5.74, 6) is 0.412. The summed E-state index contributed by atoms with van der Waals surface area (Å²) in [5.41, 5.74) is 0.658. The van der Waals surface area contributed by atoms with Crippen molar-refractivity contribution in [1.29, 1.82) is 0 Å². The molecule has 2 aromatic rings. The first-order valence-electron chi connectivity index (χ1n) is 5.79. The minimum Gasteiger partial charge on any atom is -0.423 e. The van der Waals surface area contributed by atoms with Crippen LogP contribution in [0.15, 0.2) is 22.6 Å². The zero-order valence-electron chi connectivity index (χ0n) is 10.5. The molecule has 0 saturated heterocycles. The highest BCUT2D eigenvalue weighted by atomic mass is 16.6. The number of fused-ring (bicyclic) bond motifs is 1. The Balaban J connectivity index is 2.38. The number of nitro groups is 1. The normalized spacial score (nSPS) is 12.9. The molecule has 0 saturated carbocycles. The van der Waals surface area contributed by atoms with Gasteiger partial charge in [-0.3, -0.25) is 10.1 Å². The monoisotopic (exact) mass is 249 g/mol. The highest BCUT2D eigenvalue weighted by Crippen LogP contribution is 2.27. The predicted molar refractivity (Wildman–Crippen MR) is 68.6 cm³/mol. The van der Waals surface area contributed by atoms with E-state index in [2.05, 4.69) is 24.1 Å². The molecule has 6 nitrogen and oxygen atoms in total. The van der Waals surface area contributed by atoms with E-state index in [1.807, 2.05) is 6.92 Å². The Labute approximate surface area is 104 Å². The zero-order chi connectivity index (χ0) is 13.3. The molecule has 1 heterocycles. The Hall–Kier alpha value is -2.11. The third kappa shape index (κ3) is 2.27. The molecule has 6 heteroatoms. The minimum atomic E-state index is -0.458. The summed E-state index contributed by atoms with van der Waals surface area (Å²) in [6.07, 6.45) is 0. The van der Waals surface area contributed by atoms with Gasteiger partial charge in [0.1, 0.15) is 0 Å². The van der Waals surface area contributed by atoms with Crippen LogP contribution in [0.5, 0.6) is 0 Å². The number of hydrogen-bond donors (Lipinski definition) is 1. The molecule has 0 aliphatic rings. The molecule has 0 spiro atoms. The van der Waals surface area contributed by atoms with E-state index in [9.17, 15) is 10.1 Å². The van der Waals surface area contributed by atoms with Crippen molar-refractivity contribution in [2.24, 2.45) is 5.92 Å². The lowest BCUT2D eigenvalue weighted by molar-refractivity contribution is -0.383. The maximum absolute atomic E-state index is 10.9. The van der Waals surface area contributed by atoms with Crippen molar-refractivity contribution in [3.05, 3.63) is 28.3 Å². The molecule has 96 valence electrons. The zero-order valence-corrected chi connectivity index (χ0v) is 10.5. The van der Waals surface area contributed by atoms with E-state index in [0.29, 0.717) is 17.5 Å². The fourth-order valence-electron chi connectivity index (χ4n) is 1.50. The van der Waals surface area contributed by atoms with Crippen molar-refractivity contribution in [2.75, 3.05) is 5.32 Å². The molecule has 1 atom stereocenters. The highest BCUT2D eigenvalue weighted by Gasteiger charge is 2.18. The van der Waals surface area contributed by atoms with Gasteiger partial charge < -0.3 is 9.73 Å². The molecule has 1 aromatic heterocycles.